The number of halogens is 2. The molecule has 162 valence electrons. The molecule has 0 N–H and O–H groups in total. The summed E-state index contributed by atoms with van der Waals surface area (Å²) in [4.78, 5) is 12.8. The molecular weight excluding hydrogens is 450 g/mol. The molecule has 0 aromatic carbocycles. The predicted octanol–water partition coefficient (Wildman–Crippen LogP) is 4.67. The van der Waals surface area contributed by atoms with Gasteiger partial charge in [-0.25, -0.2) is 9.97 Å². The molecule has 2 aromatic rings. The Hall–Kier alpha value is -1.02. The van der Waals surface area contributed by atoms with E-state index in [4.69, 9.17) is 37.2 Å². The number of fused-ring (bicyclic) bond motifs is 4. The molecule has 1 saturated heterocycles. The highest BCUT2D eigenvalue weighted by molar-refractivity contribution is 7.61. The Bertz CT molecular complexity index is 1110. The van der Waals surface area contributed by atoms with Crippen LogP contribution in [0.5, 0.6) is 0 Å². The maximum absolute atomic E-state index is 12.7. The van der Waals surface area contributed by atoms with E-state index in [-0.39, 0.29) is 40.0 Å². The van der Waals surface area contributed by atoms with E-state index in [1.54, 1.807) is 18.8 Å². The quantitative estimate of drug-likeness (QED) is 0.354. The summed E-state index contributed by atoms with van der Waals surface area (Å²) in [5, 5.41) is 0.283. The zero-order valence-electron chi connectivity index (χ0n) is 17.1. The summed E-state index contributed by atoms with van der Waals surface area (Å²) >= 11 is 12.3. The monoisotopic (exact) mass is 472 g/mol. The highest BCUT2D eigenvalue weighted by atomic mass is 35.5. The first-order valence-corrected chi connectivity index (χ1v) is 12.8. The molecule has 0 bridgehead atoms. The molecule has 1 aliphatic heterocycles. The summed E-state index contributed by atoms with van der Waals surface area (Å²) in [6.45, 7) is 7.68. The third-order valence-electron chi connectivity index (χ3n) is 6.23. The average Bonchev–Trinajstić information content (AvgIpc) is 2.90. The Balaban J connectivity index is 1.57. The van der Waals surface area contributed by atoms with E-state index in [0.717, 1.165) is 6.42 Å². The number of hydrogen-bond donors (Lipinski definition) is 0. The van der Waals surface area contributed by atoms with Crippen LogP contribution in [0.2, 0.25) is 10.4 Å². The molecule has 1 unspecified atom stereocenters. The van der Waals surface area contributed by atoms with Crippen LogP contribution < -0.4 is 0 Å². The zero-order valence-corrected chi connectivity index (χ0v) is 19.5. The van der Waals surface area contributed by atoms with Gasteiger partial charge in [0.25, 0.3) is 0 Å². The lowest BCUT2D eigenvalue weighted by Crippen LogP contribution is -2.31. The van der Waals surface area contributed by atoms with Crippen molar-refractivity contribution in [2.24, 2.45) is 11.3 Å². The van der Waals surface area contributed by atoms with Gasteiger partial charge >= 0.3 is 0 Å². The number of rotatable bonds is 5. The van der Waals surface area contributed by atoms with E-state index in [9.17, 15) is 4.57 Å². The highest BCUT2D eigenvalue weighted by Gasteiger charge is 2.75. The molecule has 11 heteroatoms. The largest absolute Gasteiger partial charge is 0.344 e. The third kappa shape index (κ3) is 3.15. The van der Waals surface area contributed by atoms with Gasteiger partial charge in [-0.1, -0.05) is 17.7 Å². The summed E-state index contributed by atoms with van der Waals surface area (Å²) in [5.41, 5.74) is 0.793. The maximum Gasteiger partial charge on any atom is 0.225 e. The van der Waals surface area contributed by atoms with Gasteiger partial charge in [0.1, 0.15) is 11.6 Å². The van der Waals surface area contributed by atoms with Gasteiger partial charge in [0.2, 0.25) is 12.7 Å². The molecule has 5 rings (SSSR count). The molecule has 3 heterocycles. The van der Waals surface area contributed by atoms with Crippen molar-refractivity contribution in [3.05, 3.63) is 28.7 Å². The first kappa shape index (κ1) is 20.9. The molecule has 2 aliphatic carbocycles. The minimum absolute atomic E-state index is 0.0679. The van der Waals surface area contributed by atoms with Gasteiger partial charge in [-0.3, -0.25) is 4.57 Å². The van der Waals surface area contributed by atoms with Crippen LogP contribution in [0.1, 0.15) is 33.2 Å². The standard InChI is InChI=1S/C19H23Cl2N4O4P/c1-5-27-30(4,26)7-6-19-8-10(19)12(13-14(19)29-18(2,3)28-13)25-9-22-11-15(20)23-17(21)24-16(11)25/h6-7,9-10,12-14H,5,8H2,1-4H3/b7-6+/t10-,12-,13+,14+,19+,30?/m1/s1. The minimum Gasteiger partial charge on any atom is -0.344 e. The van der Waals surface area contributed by atoms with Gasteiger partial charge in [0.15, 0.2) is 16.6 Å². The summed E-state index contributed by atoms with van der Waals surface area (Å²) in [6.07, 6.45) is 4.22. The van der Waals surface area contributed by atoms with Gasteiger partial charge in [-0.05, 0) is 50.5 Å². The molecule has 0 spiro atoms. The SMILES string of the molecule is CCOP(C)(=O)/C=C/[C@]12C[C@@H]1[C@@H](n1cnc3c(Cl)nc(Cl)nc31)[C@@H]1OC(C)(C)O[C@@H]12. The van der Waals surface area contributed by atoms with Crippen LogP contribution in [-0.2, 0) is 18.6 Å². The Morgan fingerprint density at radius 3 is 2.87 bits per heavy atom. The molecule has 8 nitrogen and oxygen atoms in total. The summed E-state index contributed by atoms with van der Waals surface area (Å²) in [6, 6.07) is -0.0724. The normalized spacial score (nSPS) is 36.2. The number of aromatic nitrogens is 4. The number of nitrogens with zero attached hydrogens (tertiary/aromatic N) is 4. The lowest BCUT2D eigenvalue weighted by molar-refractivity contribution is -0.159. The van der Waals surface area contributed by atoms with E-state index < -0.39 is 13.2 Å². The lowest BCUT2D eigenvalue weighted by atomic mass is 9.99. The van der Waals surface area contributed by atoms with Crippen molar-refractivity contribution in [1.29, 1.82) is 0 Å². The highest BCUT2D eigenvalue weighted by Crippen LogP contribution is 2.73. The molecule has 2 aromatic heterocycles. The van der Waals surface area contributed by atoms with E-state index >= 15 is 0 Å². The topological polar surface area (TPSA) is 88.4 Å². The first-order chi connectivity index (χ1) is 14.1. The van der Waals surface area contributed by atoms with Crippen molar-refractivity contribution in [1.82, 2.24) is 19.5 Å². The molecule has 3 aliphatic rings. The zero-order chi connectivity index (χ0) is 21.5. The van der Waals surface area contributed by atoms with Gasteiger partial charge < -0.3 is 18.6 Å². The van der Waals surface area contributed by atoms with Gasteiger partial charge in [0.05, 0.1) is 25.1 Å². The van der Waals surface area contributed by atoms with Crippen molar-refractivity contribution < 1.29 is 18.6 Å². The number of ether oxygens (including phenoxy) is 2. The molecule has 0 amide bonds. The van der Waals surface area contributed by atoms with E-state index in [1.165, 1.54) is 0 Å². The molecule has 0 radical (unpaired) electrons. The van der Waals surface area contributed by atoms with E-state index in [1.807, 2.05) is 31.4 Å². The van der Waals surface area contributed by atoms with E-state index in [0.29, 0.717) is 17.8 Å². The smallest absolute Gasteiger partial charge is 0.225 e. The minimum atomic E-state index is -2.81. The number of hydrogen-bond acceptors (Lipinski definition) is 7. The Morgan fingerprint density at radius 2 is 2.13 bits per heavy atom. The average molecular weight is 473 g/mol. The second kappa shape index (κ2) is 6.74. The second-order valence-corrected chi connectivity index (χ2v) is 11.8. The van der Waals surface area contributed by atoms with Gasteiger partial charge in [0, 0.05) is 12.1 Å². The summed E-state index contributed by atoms with van der Waals surface area (Å²) in [7, 11) is -2.81. The van der Waals surface area contributed by atoms with Crippen LogP contribution >= 0.6 is 30.6 Å². The van der Waals surface area contributed by atoms with E-state index in [2.05, 4.69) is 15.0 Å². The fourth-order valence-electron chi connectivity index (χ4n) is 5.06. The maximum atomic E-state index is 12.7. The second-order valence-electron chi connectivity index (χ2n) is 8.68. The Kier molecular flexibility index (Phi) is 4.68. The molecule has 2 saturated carbocycles. The number of imidazole rings is 1. The van der Waals surface area contributed by atoms with Crippen molar-refractivity contribution in [3.63, 3.8) is 0 Å². The molecule has 30 heavy (non-hydrogen) atoms. The van der Waals surface area contributed by atoms with Crippen molar-refractivity contribution in [2.75, 3.05) is 13.3 Å². The molecule has 3 fully saturated rings. The van der Waals surface area contributed by atoms with Crippen molar-refractivity contribution in [2.45, 2.75) is 51.2 Å². The fraction of sp³-hybridized carbons (Fsp3) is 0.632. The fourth-order valence-corrected chi connectivity index (χ4v) is 6.63. The lowest BCUT2D eigenvalue weighted by Gasteiger charge is -2.24. The first-order valence-electron chi connectivity index (χ1n) is 9.90. The summed E-state index contributed by atoms with van der Waals surface area (Å²) < 4.78 is 32.7. The molecular formula is C19H23Cl2N4O4P. The van der Waals surface area contributed by atoms with Crippen LogP contribution in [-0.4, -0.2) is 50.8 Å². The molecule has 6 atom stereocenters. The van der Waals surface area contributed by atoms with Crippen LogP contribution in [0.4, 0.5) is 0 Å². The Morgan fingerprint density at radius 1 is 1.37 bits per heavy atom. The van der Waals surface area contributed by atoms with Crippen LogP contribution in [0.15, 0.2) is 18.2 Å². The van der Waals surface area contributed by atoms with Gasteiger partial charge in [-0.15, -0.1) is 0 Å². The van der Waals surface area contributed by atoms with Crippen molar-refractivity contribution >= 4 is 41.7 Å². The van der Waals surface area contributed by atoms with Crippen LogP contribution in [0.25, 0.3) is 11.2 Å². The predicted molar refractivity (Wildman–Crippen MR) is 113 cm³/mol. The Labute approximate surface area is 184 Å². The van der Waals surface area contributed by atoms with Gasteiger partial charge in [-0.2, -0.15) is 4.98 Å². The van der Waals surface area contributed by atoms with Crippen LogP contribution in [0, 0.1) is 11.3 Å². The third-order valence-corrected chi connectivity index (χ3v) is 8.12. The van der Waals surface area contributed by atoms with Crippen LogP contribution in [0.3, 0.4) is 0 Å². The summed E-state index contributed by atoms with van der Waals surface area (Å²) in [5.74, 6) is 1.21. The van der Waals surface area contributed by atoms with Crippen molar-refractivity contribution in [3.8, 4) is 0 Å².